The minimum absolute atomic E-state index is 0.0925. The molecule has 1 aromatic rings. The quantitative estimate of drug-likeness (QED) is 0.638. The highest BCUT2D eigenvalue weighted by atomic mass is 32.2. The van der Waals surface area contributed by atoms with Crippen LogP contribution in [0.15, 0.2) is 45.6 Å². The maximum atomic E-state index is 14.6. The molecule has 3 aliphatic heterocycles. The standard InChI is InChI=1S/C18H11F6N3OS/c19-13-9(6-25)1-2-11-14(13)29-4-3-17(11)8-27-7-10(18(22,23)24)5-12(15(27)26-17)28-16(20)21/h1-2,5,7,16H,3-4,8H2/t17-/m1/s1. The van der Waals surface area contributed by atoms with Gasteiger partial charge >= 0.3 is 12.8 Å². The molecule has 0 radical (unpaired) electrons. The summed E-state index contributed by atoms with van der Waals surface area (Å²) in [5.41, 5.74) is -2.03. The minimum Gasteiger partial charge on any atom is -0.431 e. The molecule has 0 aromatic heterocycles. The van der Waals surface area contributed by atoms with E-state index >= 15 is 0 Å². The van der Waals surface area contributed by atoms with Gasteiger partial charge in [0.05, 0.1) is 22.6 Å². The van der Waals surface area contributed by atoms with Gasteiger partial charge in [-0.3, -0.25) is 4.99 Å². The van der Waals surface area contributed by atoms with Gasteiger partial charge in [-0.1, -0.05) is 6.07 Å². The molecule has 0 N–H and O–H groups in total. The lowest BCUT2D eigenvalue weighted by molar-refractivity contribution is -0.0981. The molecule has 1 spiro atoms. The van der Waals surface area contributed by atoms with Crippen LogP contribution in [0, 0.1) is 17.1 Å². The van der Waals surface area contributed by atoms with E-state index < -0.39 is 35.5 Å². The number of benzene rings is 1. The number of rotatable bonds is 2. The number of thioether (sulfide) groups is 1. The van der Waals surface area contributed by atoms with E-state index in [4.69, 9.17) is 5.26 Å². The molecular weight excluding hydrogens is 420 g/mol. The Morgan fingerprint density at radius 3 is 2.72 bits per heavy atom. The highest BCUT2D eigenvalue weighted by molar-refractivity contribution is 7.99. The molecule has 0 bridgehead atoms. The van der Waals surface area contributed by atoms with Crippen molar-refractivity contribution >= 4 is 17.6 Å². The number of nitriles is 1. The van der Waals surface area contributed by atoms with E-state index in [0.29, 0.717) is 23.8 Å². The Morgan fingerprint density at radius 1 is 1.31 bits per heavy atom. The molecule has 11 heteroatoms. The summed E-state index contributed by atoms with van der Waals surface area (Å²) in [6.07, 6.45) is -3.15. The van der Waals surface area contributed by atoms with Crippen molar-refractivity contribution in [1.29, 1.82) is 5.26 Å². The number of amidine groups is 1. The largest absolute Gasteiger partial charge is 0.431 e. The van der Waals surface area contributed by atoms with Crippen molar-refractivity contribution in [3.8, 4) is 6.07 Å². The van der Waals surface area contributed by atoms with Gasteiger partial charge in [0.1, 0.15) is 11.6 Å². The molecule has 0 aliphatic carbocycles. The fourth-order valence-electron chi connectivity index (χ4n) is 3.60. The molecule has 0 fully saturated rings. The van der Waals surface area contributed by atoms with Crippen LogP contribution in [0.25, 0.3) is 0 Å². The molecule has 0 unspecified atom stereocenters. The lowest BCUT2D eigenvalue weighted by Gasteiger charge is -2.33. The molecule has 1 atom stereocenters. The van der Waals surface area contributed by atoms with Crippen LogP contribution in [-0.4, -0.2) is 35.8 Å². The fraction of sp³-hybridized carbons (Fsp3) is 0.333. The van der Waals surface area contributed by atoms with E-state index in [-0.39, 0.29) is 22.8 Å². The summed E-state index contributed by atoms with van der Waals surface area (Å²) in [6, 6.07) is 4.54. The van der Waals surface area contributed by atoms with Crippen molar-refractivity contribution in [3.63, 3.8) is 0 Å². The average molecular weight is 431 g/mol. The van der Waals surface area contributed by atoms with E-state index in [2.05, 4.69) is 9.73 Å². The molecule has 152 valence electrons. The summed E-state index contributed by atoms with van der Waals surface area (Å²) in [4.78, 5) is 5.73. The normalized spacial score (nSPS) is 23.2. The van der Waals surface area contributed by atoms with Crippen LogP contribution in [0.2, 0.25) is 0 Å². The number of hydrogen-bond acceptors (Lipinski definition) is 5. The van der Waals surface area contributed by atoms with Crippen molar-refractivity contribution in [3.05, 3.63) is 52.7 Å². The molecule has 1 aromatic carbocycles. The van der Waals surface area contributed by atoms with Crippen molar-refractivity contribution in [1.82, 2.24) is 4.90 Å². The lowest BCUT2D eigenvalue weighted by Crippen LogP contribution is -2.36. The topological polar surface area (TPSA) is 48.6 Å². The first-order valence-electron chi connectivity index (χ1n) is 8.33. The van der Waals surface area contributed by atoms with Crippen LogP contribution >= 0.6 is 11.8 Å². The van der Waals surface area contributed by atoms with Crippen molar-refractivity contribution in [2.45, 2.75) is 29.6 Å². The Balaban J connectivity index is 1.83. The molecule has 29 heavy (non-hydrogen) atoms. The van der Waals surface area contributed by atoms with Gasteiger partial charge in [-0.05, 0) is 24.1 Å². The zero-order valence-corrected chi connectivity index (χ0v) is 15.3. The van der Waals surface area contributed by atoms with Gasteiger partial charge in [-0.15, -0.1) is 11.8 Å². The van der Waals surface area contributed by atoms with Gasteiger partial charge < -0.3 is 9.64 Å². The molecule has 3 aliphatic rings. The number of allylic oxidation sites excluding steroid dienone is 2. The molecule has 4 nitrogen and oxygen atoms in total. The summed E-state index contributed by atoms with van der Waals surface area (Å²) in [6.45, 7) is -3.43. The molecule has 0 saturated heterocycles. The first-order chi connectivity index (χ1) is 13.6. The smallest absolute Gasteiger partial charge is 0.417 e. The number of alkyl halides is 5. The Labute approximate surface area is 165 Å². The van der Waals surface area contributed by atoms with Crippen LogP contribution in [0.5, 0.6) is 0 Å². The Hall–Kier alpha value is -2.61. The summed E-state index contributed by atoms with van der Waals surface area (Å²) < 4.78 is 84.1. The number of halogens is 6. The third kappa shape index (κ3) is 3.25. The zero-order valence-electron chi connectivity index (χ0n) is 14.4. The van der Waals surface area contributed by atoms with Crippen LogP contribution < -0.4 is 0 Å². The van der Waals surface area contributed by atoms with Gasteiger partial charge in [0.15, 0.2) is 17.4 Å². The van der Waals surface area contributed by atoms with Crippen molar-refractivity contribution in [2.75, 3.05) is 12.3 Å². The van der Waals surface area contributed by atoms with Crippen molar-refractivity contribution < 1.29 is 31.1 Å². The Morgan fingerprint density at radius 2 is 2.07 bits per heavy atom. The maximum Gasteiger partial charge on any atom is 0.417 e. The average Bonchev–Trinajstić information content (AvgIpc) is 3.01. The third-order valence-corrected chi connectivity index (χ3v) is 5.95. The van der Waals surface area contributed by atoms with Crippen LogP contribution in [0.4, 0.5) is 26.3 Å². The fourth-order valence-corrected chi connectivity index (χ4v) is 4.89. The molecule has 3 heterocycles. The molecule has 4 rings (SSSR count). The number of ether oxygens (including phenoxy) is 1. The van der Waals surface area contributed by atoms with Crippen LogP contribution in [0.1, 0.15) is 17.5 Å². The van der Waals surface area contributed by atoms with Crippen LogP contribution in [-0.2, 0) is 10.3 Å². The van der Waals surface area contributed by atoms with E-state index in [0.717, 1.165) is 11.1 Å². The number of nitrogens with zero attached hydrogens (tertiary/aromatic N) is 3. The number of aliphatic imine (C=N–C) groups is 1. The lowest BCUT2D eigenvalue weighted by atomic mass is 9.87. The second-order valence-corrected chi connectivity index (χ2v) is 7.68. The maximum absolute atomic E-state index is 14.6. The van der Waals surface area contributed by atoms with E-state index in [9.17, 15) is 26.3 Å². The summed E-state index contributed by atoms with van der Waals surface area (Å²) in [7, 11) is 0. The van der Waals surface area contributed by atoms with Gasteiger partial charge in [0.25, 0.3) is 0 Å². The molecular formula is C18H11F6N3OS. The first kappa shape index (κ1) is 19.7. The highest BCUT2D eigenvalue weighted by Crippen LogP contribution is 2.49. The van der Waals surface area contributed by atoms with E-state index in [1.807, 2.05) is 0 Å². The highest BCUT2D eigenvalue weighted by Gasteiger charge is 2.48. The zero-order chi connectivity index (χ0) is 21.0. The predicted octanol–water partition coefficient (Wildman–Crippen LogP) is 4.69. The SMILES string of the molecule is N#Cc1ccc2c(c1F)SCC[C@@]21CN2C=C(C(F)(F)F)C=C(OC(F)F)C2=N1. The second kappa shape index (κ2) is 6.73. The number of hydrogen-bond donors (Lipinski definition) is 0. The summed E-state index contributed by atoms with van der Waals surface area (Å²) in [5, 5.41) is 9.03. The van der Waals surface area contributed by atoms with E-state index in [1.54, 1.807) is 6.07 Å². The minimum atomic E-state index is -4.77. The van der Waals surface area contributed by atoms with E-state index in [1.165, 1.54) is 23.9 Å². The van der Waals surface area contributed by atoms with Crippen LogP contribution in [0.3, 0.4) is 0 Å². The Kier molecular flexibility index (Phi) is 4.57. The summed E-state index contributed by atoms with van der Waals surface area (Å²) in [5.74, 6) is -1.18. The first-order valence-corrected chi connectivity index (χ1v) is 9.31. The molecule has 0 saturated carbocycles. The molecule has 0 amide bonds. The Bertz CT molecular complexity index is 1010. The third-order valence-electron chi connectivity index (χ3n) is 4.85. The second-order valence-electron chi connectivity index (χ2n) is 6.58. The van der Waals surface area contributed by atoms with Gasteiger partial charge in [0.2, 0.25) is 0 Å². The van der Waals surface area contributed by atoms with Crippen molar-refractivity contribution in [2.24, 2.45) is 4.99 Å². The van der Waals surface area contributed by atoms with Gasteiger partial charge in [-0.25, -0.2) is 4.39 Å². The monoisotopic (exact) mass is 431 g/mol. The van der Waals surface area contributed by atoms with Gasteiger partial charge in [-0.2, -0.15) is 27.2 Å². The predicted molar refractivity (Wildman–Crippen MR) is 91.6 cm³/mol. The summed E-state index contributed by atoms with van der Waals surface area (Å²) >= 11 is 1.18. The van der Waals surface area contributed by atoms with Gasteiger partial charge in [0, 0.05) is 12.0 Å². The number of fused-ring (bicyclic) bond motifs is 3.